The molecule has 150 valence electrons. The highest BCUT2D eigenvalue weighted by atomic mass is 35.6. The molecule has 26 heavy (non-hydrogen) atoms. The summed E-state index contributed by atoms with van der Waals surface area (Å²) in [6.07, 6.45) is 0.0325. The maximum atomic E-state index is 12.3. The number of alkyl carbamates (subject to hydrolysis) is 1. The van der Waals surface area contributed by atoms with Crippen molar-refractivity contribution in [2.24, 2.45) is 0 Å². The molecule has 1 amide bonds. The molecule has 1 heterocycles. The summed E-state index contributed by atoms with van der Waals surface area (Å²) in [7, 11) is 1.47. The summed E-state index contributed by atoms with van der Waals surface area (Å²) in [6.45, 7) is 0. The lowest BCUT2D eigenvalue weighted by Gasteiger charge is -2.38. The molecule has 0 bridgehead atoms. The van der Waals surface area contributed by atoms with E-state index in [2.05, 4.69) is 5.32 Å². The third-order valence-electron chi connectivity index (χ3n) is 5.19. The number of hydrogen-bond acceptors (Lipinski definition) is 6. The number of amides is 1. The van der Waals surface area contributed by atoms with Gasteiger partial charge in [-0.15, -0.1) is 0 Å². The Morgan fingerprint density at radius 3 is 2.38 bits per heavy atom. The molecule has 0 spiro atoms. The molecule has 10 heteroatoms. The zero-order chi connectivity index (χ0) is 18.9. The van der Waals surface area contributed by atoms with Crippen molar-refractivity contribution < 1.29 is 28.8 Å². The van der Waals surface area contributed by atoms with Crippen LogP contribution in [0.25, 0.3) is 0 Å². The average molecular weight is 433 g/mol. The van der Waals surface area contributed by atoms with Gasteiger partial charge in [0.25, 0.3) is 0 Å². The summed E-state index contributed by atoms with van der Waals surface area (Å²) in [6, 6.07) is 0.120. The second-order valence-corrected chi connectivity index (χ2v) is 9.37. The number of rotatable bonds is 3. The van der Waals surface area contributed by atoms with Crippen LogP contribution >= 0.6 is 34.8 Å². The van der Waals surface area contributed by atoms with E-state index in [1.165, 1.54) is 13.5 Å². The van der Waals surface area contributed by atoms with Gasteiger partial charge in [0, 0.05) is 19.6 Å². The van der Waals surface area contributed by atoms with Gasteiger partial charge in [-0.1, -0.05) is 54.1 Å². The molecule has 0 radical (unpaired) electrons. The monoisotopic (exact) mass is 431 g/mol. The molecule has 0 aromatic rings. The predicted molar refractivity (Wildman–Crippen MR) is 95.5 cm³/mol. The van der Waals surface area contributed by atoms with Crippen molar-refractivity contribution in [1.29, 1.82) is 0 Å². The molecule has 2 saturated carbocycles. The number of alkyl halides is 3. The van der Waals surface area contributed by atoms with Gasteiger partial charge in [0.05, 0.1) is 6.10 Å². The van der Waals surface area contributed by atoms with Gasteiger partial charge in [0.2, 0.25) is 10.1 Å². The fourth-order valence-electron chi connectivity index (χ4n) is 3.85. The molecular formula is C16H24Cl3NO6. The van der Waals surface area contributed by atoms with E-state index in [-0.39, 0.29) is 12.5 Å². The highest BCUT2D eigenvalue weighted by Crippen LogP contribution is 2.43. The van der Waals surface area contributed by atoms with Crippen molar-refractivity contribution in [3.05, 3.63) is 0 Å². The maximum absolute atomic E-state index is 12.3. The first kappa shape index (κ1) is 20.7. The number of carbonyl (C=O) groups excluding carboxylic acids is 1. The molecule has 0 aromatic carbocycles. The summed E-state index contributed by atoms with van der Waals surface area (Å²) in [5, 5.41) is 13.3. The van der Waals surface area contributed by atoms with Crippen LogP contribution in [0.2, 0.25) is 0 Å². The van der Waals surface area contributed by atoms with Crippen molar-refractivity contribution in [3.8, 4) is 0 Å². The normalized spacial score (nSPS) is 38.7. The summed E-state index contributed by atoms with van der Waals surface area (Å²) in [5.41, 5.74) is 0. The Morgan fingerprint density at radius 2 is 1.77 bits per heavy atom. The van der Waals surface area contributed by atoms with Crippen LogP contribution in [0.4, 0.5) is 4.79 Å². The molecule has 3 aliphatic rings. The van der Waals surface area contributed by atoms with Crippen LogP contribution in [0.3, 0.4) is 0 Å². The molecule has 0 aromatic heterocycles. The van der Waals surface area contributed by atoms with Crippen molar-refractivity contribution in [1.82, 2.24) is 5.32 Å². The van der Waals surface area contributed by atoms with Gasteiger partial charge >= 0.3 is 6.09 Å². The van der Waals surface area contributed by atoms with Crippen LogP contribution in [0, 0.1) is 0 Å². The summed E-state index contributed by atoms with van der Waals surface area (Å²) < 4.78 is 20.3. The van der Waals surface area contributed by atoms with Crippen molar-refractivity contribution in [2.45, 2.75) is 85.2 Å². The van der Waals surface area contributed by atoms with Gasteiger partial charge < -0.3 is 29.4 Å². The molecular weight excluding hydrogens is 409 g/mol. The van der Waals surface area contributed by atoms with E-state index in [0.29, 0.717) is 0 Å². The Hall–Kier alpha value is -0.0200. The second-order valence-electron chi connectivity index (χ2n) is 7.00. The van der Waals surface area contributed by atoms with Gasteiger partial charge in [-0.2, -0.15) is 0 Å². The standard InChI is InChI=1S/C16H24Cl3NO6/c1-23-9-7-10(24-15(22)20-8-5-3-2-4-6-8)12-13(11(9)21)26-14(25-12)16(17,18)19/h8-14,21H,2-7H2,1H3,(H,20,22)/t9-,10-,11+,12+,13-,14-/m1/s1. The van der Waals surface area contributed by atoms with Crippen LogP contribution in [0.5, 0.6) is 0 Å². The Labute approximate surface area is 167 Å². The van der Waals surface area contributed by atoms with E-state index in [4.69, 9.17) is 53.8 Å². The van der Waals surface area contributed by atoms with Gasteiger partial charge in [-0.25, -0.2) is 4.79 Å². The largest absolute Gasteiger partial charge is 0.443 e. The molecule has 3 fully saturated rings. The minimum atomic E-state index is -1.82. The number of fused-ring (bicyclic) bond motifs is 1. The summed E-state index contributed by atoms with van der Waals surface area (Å²) in [4.78, 5) is 12.3. The van der Waals surface area contributed by atoms with Crippen LogP contribution in [0.15, 0.2) is 0 Å². The van der Waals surface area contributed by atoms with Gasteiger partial charge in [0.1, 0.15) is 24.4 Å². The predicted octanol–water partition coefficient (Wildman–Crippen LogP) is 2.67. The van der Waals surface area contributed by atoms with Crippen LogP contribution < -0.4 is 5.32 Å². The number of nitrogens with one attached hydrogen (secondary N) is 1. The minimum Gasteiger partial charge on any atom is -0.443 e. The van der Waals surface area contributed by atoms with E-state index in [1.54, 1.807) is 0 Å². The molecule has 3 rings (SSSR count). The van der Waals surface area contributed by atoms with Crippen molar-refractivity contribution in [2.75, 3.05) is 7.11 Å². The third-order valence-corrected chi connectivity index (χ3v) is 5.72. The van der Waals surface area contributed by atoms with E-state index in [1.807, 2.05) is 0 Å². The third kappa shape index (κ3) is 4.69. The number of halogens is 3. The fraction of sp³-hybridized carbons (Fsp3) is 0.938. The first-order chi connectivity index (χ1) is 12.3. The number of ether oxygens (including phenoxy) is 4. The second kappa shape index (κ2) is 8.55. The Morgan fingerprint density at radius 1 is 1.12 bits per heavy atom. The lowest BCUT2D eigenvalue weighted by Crippen LogP contribution is -2.56. The highest BCUT2D eigenvalue weighted by molar-refractivity contribution is 6.67. The van der Waals surface area contributed by atoms with Crippen LogP contribution in [-0.2, 0) is 18.9 Å². The Balaban J connectivity index is 1.65. The van der Waals surface area contributed by atoms with Crippen molar-refractivity contribution >= 4 is 40.9 Å². The number of aliphatic hydroxyl groups is 1. The van der Waals surface area contributed by atoms with Gasteiger partial charge in [0.15, 0.2) is 0 Å². The number of aliphatic hydroxyl groups excluding tert-OH is 1. The first-order valence-electron chi connectivity index (χ1n) is 8.85. The van der Waals surface area contributed by atoms with Crippen molar-refractivity contribution in [3.63, 3.8) is 0 Å². The first-order valence-corrected chi connectivity index (χ1v) is 9.98. The molecule has 6 atom stereocenters. The quantitative estimate of drug-likeness (QED) is 0.667. The Bertz CT molecular complexity index is 499. The molecule has 2 aliphatic carbocycles. The fourth-order valence-corrected chi connectivity index (χ4v) is 4.16. The molecule has 1 aliphatic heterocycles. The average Bonchev–Trinajstić information content (AvgIpc) is 3.04. The number of methoxy groups -OCH3 is 1. The number of hydrogen-bond donors (Lipinski definition) is 2. The van der Waals surface area contributed by atoms with Gasteiger partial charge in [-0.3, -0.25) is 0 Å². The lowest BCUT2D eigenvalue weighted by atomic mass is 9.87. The van der Waals surface area contributed by atoms with Crippen LogP contribution in [0.1, 0.15) is 38.5 Å². The van der Waals surface area contributed by atoms with Gasteiger partial charge in [-0.05, 0) is 12.8 Å². The highest BCUT2D eigenvalue weighted by Gasteiger charge is 2.57. The lowest BCUT2D eigenvalue weighted by molar-refractivity contribution is -0.144. The SMILES string of the molecule is CO[C@@H]1C[C@@H](OC(=O)NC2CCCCC2)[C@@H]2O[C@@H](C(Cl)(Cl)Cl)O[C@@H]2[C@H]1O. The molecule has 1 saturated heterocycles. The smallest absolute Gasteiger partial charge is 0.407 e. The van der Waals surface area contributed by atoms with Crippen LogP contribution in [-0.4, -0.2) is 65.0 Å². The van der Waals surface area contributed by atoms with E-state index in [9.17, 15) is 9.90 Å². The zero-order valence-electron chi connectivity index (χ0n) is 14.4. The maximum Gasteiger partial charge on any atom is 0.407 e. The summed E-state index contributed by atoms with van der Waals surface area (Å²) >= 11 is 17.6. The minimum absolute atomic E-state index is 0.120. The number of carbonyl (C=O) groups is 1. The van der Waals surface area contributed by atoms with E-state index < -0.39 is 46.7 Å². The Kier molecular flexibility index (Phi) is 6.81. The molecule has 0 unspecified atom stereocenters. The molecule has 7 nitrogen and oxygen atoms in total. The van der Waals surface area contributed by atoms with E-state index >= 15 is 0 Å². The summed E-state index contributed by atoms with van der Waals surface area (Å²) in [5.74, 6) is 0. The zero-order valence-corrected chi connectivity index (χ0v) is 16.7. The topological polar surface area (TPSA) is 86.3 Å². The van der Waals surface area contributed by atoms with E-state index in [0.717, 1.165) is 25.7 Å². The molecule has 2 N–H and O–H groups in total.